The third-order valence-electron chi connectivity index (χ3n) is 3.28. The van der Waals surface area contributed by atoms with Gasteiger partial charge in [-0.1, -0.05) is 75.8 Å². The molecule has 0 aromatic rings. The van der Waals surface area contributed by atoms with Gasteiger partial charge >= 0.3 is 5.97 Å². The zero-order valence-electron chi connectivity index (χ0n) is 13.7. The molecule has 1 N–H and O–H groups in total. The molecule has 0 aromatic carbocycles. The highest BCUT2D eigenvalue weighted by molar-refractivity contribution is 5.90. The molecule has 0 bridgehead atoms. The van der Waals surface area contributed by atoms with Crippen LogP contribution in [-0.2, 0) is 4.79 Å². The topological polar surface area (TPSA) is 37.3 Å². The van der Waals surface area contributed by atoms with Gasteiger partial charge in [-0.2, -0.15) is 0 Å². The van der Waals surface area contributed by atoms with Crippen molar-refractivity contribution in [2.24, 2.45) is 11.8 Å². The molecule has 116 valence electrons. The zero-order valence-corrected chi connectivity index (χ0v) is 13.7. The molecular weight excluding hydrogens is 260 g/mol. The zero-order chi connectivity index (χ0) is 16.3. The number of hydrogen-bond acceptors (Lipinski definition) is 1. The summed E-state index contributed by atoms with van der Waals surface area (Å²) in [6, 6.07) is 0. The fourth-order valence-corrected chi connectivity index (χ4v) is 2.00. The van der Waals surface area contributed by atoms with Gasteiger partial charge in [-0.15, -0.1) is 0 Å². The van der Waals surface area contributed by atoms with Gasteiger partial charge < -0.3 is 5.11 Å². The van der Waals surface area contributed by atoms with Crippen LogP contribution < -0.4 is 0 Å². The SMILES string of the molecule is C=C/C=C/C=C/C(C)=C/C(=CC(C)CC(C)CC)C(=O)O. The van der Waals surface area contributed by atoms with Crippen molar-refractivity contribution in [3.63, 3.8) is 0 Å². The molecule has 2 atom stereocenters. The molecule has 2 heteroatoms. The van der Waals surface area contributed by atoms with Gasteiger partial charge in [0.15, 0.2) is 0 Å². The van der Waals surface area contributed by atoms with E-state index in [0.717, 1.165) is 18.4 Å². The van der Waals surface area contributed by atoms with Gasteiger partial charge in [0, 0.05) is 0 Å². The summed E-state index contributed by atoms with van der Waals surface area (Å²) in [5, 5.41) is 9.31. The summed E-state index contributed by atoms with van der Waals surface area (Å²) in [4.78, 5) is 11.3. The van der Waals surface area contributed by atoms with E-state index in [1.54, 1.807) is 12.2 Å². The normalized spacial score (nSPS) is 16.4. The Morgan fingerprint density at radius 2 is 1.90 bits per heavy atom. The number of carboxylic acids is 1. The van der Waals surface area contributed by atoms with Gasteiger partial charge in [-0.05, 0) is 31.3 Å². The van der Waals surface area contributed by atoms with Crippen LogP contribution in [0.3, 0.4) is 0 Å². The van der Waals surface area contributed by atoms with Gasteiger partial charge in [0.1, 0.15) is 0 Å². The van der Waals surface area contributed by atoms with Crippen LogP contribution in [0.2, 0.25) is 0 Å². The predicted molar refractivity (Wildman–Crippen MR) is 91.2 cm³/mol. The van der Waals surface area contributed by atoms with E-state index in [9.17, 15) is 9.90 Å². The maximum Gasteiger partial charge on any atom is 0.335 e. The Balaban J connectivity index is 4.97. The smallest absolute Gasteiger partial charge is 0.335 e. The largest absolute Gasteiger partial charge is 0.478 e. The van der Waals surface area contributed by atoms with E-state index < -0.39 is 5.97 Å². The lowest BCUT2D eigenvalue weighted by Crippen LogP contribution is -2.04. The lowest BCUT2D eigenvalue weighted by Gasteiger charge is -2.12. The van der Waals surface area contributed by atoms with Gasteiger partial charge in [0.25, 0.3) is 0 Å². The molecular formula is C19H28O2. The number of rotatable bonds is 9. The third-order valence-corrected chi connectivity index (χ3v) is 3.28. The van der Waals surface area contributed by atoms with Crippen molar-refractivity contribution in [1.82, 2.24) is 0 Å². The van der Waals surface area contributed by atoms with Crippen LogP contribution in [0.25, 0.3) is 0 Å². The van der Waals surface area contributed by atoms with E-state index in [1.807, 2.05) is 37.3 Å². The van der Waals surface area contributed by atoms with Crippen molar-refractivity contribution in [3.05, 3.63) is 60.3 Å². The predicted octanol–water partition coefficient (Wildman–Crippen LogP) is 5.31. The summed E-state index contributed by atoms with van der Waals surface area (Å²) in [6.07, 6.45) is 14.8. The molecule has 0 aromatic heterocycles. The second kappa shape index (κ2) is 10.9. The highest BCUT2D eigenvalue weighted by Crippen LogP contribution is 2.18. The first-order valence-corrected chi connectivity index (χ1v) is 7.49. The van der Waals surface area contributed by atoms with Crippen LogP contribution in [0, 0.1) is 11.8 Å². The molecule has 0 aliphatic carbocycles. The minimum atomic E-state index is -0.875. The molecule has 21 heavy (non-hydrogen) atoms. The third kappa shape index (κ3) is 9.67. The van der Waals surface area contributed by atoms with Crippen LogP contribution in [0.15, 0.2) is 60.3 Å². The van der Waals surface area contributed by atoms with Crippen LogP contribution >= 0.6 is 0 Å². The van der Waals surface area contributed by atoms with Gasteiger partial charge in [-0.25, -0.2) is 4.79 Å². The molecule has 0 amide bonds. The summed E-state index contributed by atoms with van der Waals surface area (Å²) < 4.78 is 0. The summed E-state index contributed by atoms with van der Waals surface area (Å²) >= 11 is 0. The van der Waals surface area contributed by atoms with Crippen LogP contribution in [0.5, 0.6) is 0 Å². The highest BCUT2D eigenvalue weighted by atomic mass is 16.4. The second-order valence-corrected chi connectivity index (χ2v) is 5.52. The Morgan fingerprint density at radius 3 is 2.43 bits per heavy atom. The summed E-state index contributed by atoms with van der Waals surface area (Å²) in [7, 11) is 0. The van der Waals surface area contributed by atoms with E-state index in [4.69, 9.17) is 0 Å². The quantitative estimate of drug-likeness (QED) is 0.461. The van der Waals surface area contributed by atoms with Crippen LogP contribution in [0.1, 0.15) is 40.5 Å². The number of carbonyl (C=O) groups is 1. The first kappa shape index (κ1) is 19.2. The lowest BCUT2D eigenvalue weighted by molar-refractivity contribution is -0.132. The summed E-state index contributed by atoms with van der Waals surface area (Å²) in [5.41, 5.74) is 1.27. The van der Waals surface area contributed by atoms with Gasteiger partial charge in [0.2, 0.25) is 0 Å². The second-order valence-electron chi connectivity index (χ2n) is 5.52. The van der Waals surface area contributed by atoms with Crippen molar-refractivity contribution in [3.8, 4) is 0 Å². The van der Waals surface area contributed by atoms with E-state index in [-0.39, 0.29) is 5.92 Å². The fraction of sp³-hybridized carbons (Fsp3) is 0.421. The molecule has 0 rings (SSSR count). The maximum absolute atomic E-state index is 11.3. The molecule has 2 unspecified atom stereocenters. The molecule has 0 aliphatic rings. The molecule has 0 fully saturated rings. The molecule has 0 radical (unpaired) electrons. The number of carboxylic acid groups (broad SMARTS) is 1. The minimum Gasteiger partial charge on any atom is -0.478 e. The molecule has 0 aliphatic heterocycles. The van der Waals surface area contributed by atoms with Gasteiger partial charge in [-0.3, -0.25) is 0 Å². The van der Waals surface area contributed by atoms with Crippen molar-refractivity contribution in [2.45, 2.75) is 40.5 Å². The Labute approximate surface area is 129 Å². The average Bonchev–Trinajstić information content (AvgIpc) is 2.42. The molecule has 0 saturated carbocycles. The van der Waals surface area contributed by atoms with E-state index in [0.29, 0.717) is 11.5 Å². The van der Waals surface area contributed by atoms with E-state index in [2.05, 4.69) is 27.4 Å². The molecule has 2 nitrogen and oxygen atoms in total. The summed E-state index contributed by atoms with van der Waals surface area (Å²) in [5.74, 6) is 0.000402. The van der Waals surface area contributed by atoms with Crippen molar-refractivity contribution in [2.75, 3.05) is 0 Å². The molecule has 0 heterocycles. The van der Waals surface area contributed by atoms with Crippen molar-refractivity contribution < 1.29 is 9.90 Å². The monoisotopic (exact) mass is 288 g/mol. The van der Waals surface area contributed by atoms with Crippen LogP contribution in [0.4, 0.5) is 0 Å². The van der Waals surface area contributed by atoms with Crippen molar-refractivity contribution >= 4 is 5.97 Å². The fourth-order valence-electron chi connectivity index (χ4n) is 2.00. The Bertz CT molecular complexity index is 450. The number of aliphatic carboxylic acids is 1. The maximum atomic E-state index is 11.3. The summed E-state index contributed by atoms with van der Waals surface area (Å²) in [6.45, 7) is 11.9. The minimum absolute atomic E-state index is 0.264. The van der Waals surface area contributed by atoms with E-state index >= 15 is 0 Å². The van der Waals surface area contributed by atoms with E-state index in [1.165, 1.54) is 0 Å². The highest BCUT2D eigenvalue weighted by Gasteiger charge is 2.09. The standard InChI is InChI=1S/C19H28O2/c1-6-8-9-10-11-16(4)13-18(19(20)21)14-17(5)12-15(3)7-2/h6,8-11,13-15,17H,1,7,12H2,2-5H3,(H,20,21)/b9-8+,11-10+,16-13+,18-14?. The number of allylic oxidation sites excluding steroid dienone is 7. The van der Waals surface area contributed by atoms with Crippen molar-refractivity contribution in [1.29, 1.82) is 0 Å². The van der Waals surface area contributed by atoms with Crippen LogP contribution in [-0.4, -0.2) is 11.1 Å². The first-order valence-electron chi connectivity index (χ1n) is 7.49. The molecule has 0 spiro atoms. The molecule has 0 saturated heterocycles. The Morgan fingerprint density at radius 1 is 1.24 bits per heavy atom. The van der Waals surface area contributed by atoms with Gasteiger partial charge in [0.05, 0.1) is 5.57 Å². The Kier molecular flexibility index (Phi) is 9.95. The average molecular weight is 288 g/mol. The Hall–Kier alpha value is -1.83. The lowest BCUT2D eigenvalue weighted by atomic mass is 9.93. The number of hydrogen-bond donors (Lipinski definition) is 1. The first-order chi connectivity index (χ1) is 9.90.